The fourth-order valence-electron chi connectivity index (χ4n) is 2.57. The van der Waals surface area contributed by atoms with Gasteiger partial charge in [0.1, 0.15) is 0 Å². The van der Waals surface area contributed by atoms with E-state index in [1.165, 1.54) is 5.56 Å². The normalized spacial score (nSPS) is 11.4. The monoisotopic (exact) mass is 328 g/mol. The number of nitrogens with one attached hydrogen (secondary N) is 1. The number of nitrogens with zero attached hydrogens (tertiary/aromatic N) is 1. The second-order valence-corrected chi connectivity index (χ2v) is 5.46. The van der Waals surface area contributed by atoms with Gasteiger partial charge >= 0.3 is 0 Å². The number of benzene rings is 2. The van der Waals surface area contributed by atoms with Gasteiger partial charge in [-0.2, -0.15) is 0 Å². The molecule has 0 bridgehead atoms. The van der Waals surface area contributed by atoms with Gasteiger partial charge in [-0.15, -0.1) is 0 Å². The molecule has 2 N–H and O–H groups in total. The molecule has 0 aromatic heterocycles. The van der Waals surface area contributed by atoms with Gasteiger partial charge in [-0.1, -0.05) is 35.5 Å². The maximum Gasteiger partial charge on any atom is 0.161 e. The van der Waals surface area contributed by atoms with E-state index in [1.54, 1.807) is 21.1 Å². The van der Waals surface area contributed by atoms with Crippen LogP contribution in [0.5, 0.6) is 11.5 Å². The topological polar surface area (TPSA) is 63.1 Å². The SMILES string of the molecule is COc1cc(CCNCc2ccccc2)c(/C(C)=N/O)cc1OC. The molecule has 0 unspecified atom stereocenters. The summed E-state index contributed by atoms with van der Waals surface area (Å²) in [5.74, 6) is 1.29. The minimum atomic E-state index is 0.550. The van der Waals surface area contributed by atoms with Crippen molar-refractivity contribution in [2.75, 3.05) is 20.8 Å². The van der Waals surface area contributed by atoms with Crippen molar-refractivity contribution < 1.29 is 14.7 Å². The summed E-state index contributed by atoms with van der Waals surface area (Å²) in [6.07, 6.45) is 0.787. The Morgan fingerprint density at radius 3 is 2.38 bits per heavy atom. The Labute approximate surface area is 142 Å². The first kappa shape index (κ1) is 17.8. The highest BCUT2D eigenvalue weighted by atomic mass is 16.5. The van der Waals surface area contributed by atoms with E-state index in [1.807, 2.05) is 30.3 Å². The molecule has 5 heteroatoms. The summed E-state index contributed by atoms with van der Waals surface area (Å²) in [6.45, 7) is 3.38. The van der Waals surface area contributed by atoms with Gasteiger partial charge in [0.25, 0.3) is 0 Å². The minimum Gasteiger partial charge on any atom is -0.493 e. The Kier molecular flexibility index (Phi) is 6.63. The maximum absolute atomic E-state index is 9.12. The molecule has 0 heterocycles. The van der Waals surface area contributed by atoms with Crippen LogP contribution in [0.1, 0.15) is 23.6 Å². The Bertz CT molecular complexity index is 685. The van der Waals surface area contributed by atoms with Crippen molar-refractivity contribution in [3.05, 3.63) is 59.2 Å². The molecule has 0 fully saturated rings. The van der Waals surface area contributed by atoms with Crippen LogP contribution in [0.2, 0.25) is 0 Å². The molecule has 0 amide bonds. The standard InChI is InChI=1S/C19H24N2O3/c1-14(21-22)17-12-19(24-3)18(23-2)11-16(17)9-10-20-13-15-7-5-4-6-8-15/h4-8,11-12,20,22H,9-10,13H2,1-3H3/b21-14+. The van der Waals surface area contributed by atoms with E-state index in [0.29, 0.717) is 17.2 Å². The molecule has 0 aliphatic rings. The van der Waals surface area contributed by atoms with Gasteiger partial charge in [-0.25, -0.2) is 0 Å². The van der Waals surface area contributed by atoms with Crippen LogP contribution in [-0.2, 0) is 13.0 Å². The van der Waals surface area contributed by atoms with Crippen LogP contribution >= 0.6 is 0 Å². The molecular formula is C19H24N2O3. The van der Waals surface area contributed by atoms with Gasteiger partial charge in [0.15, 0.2) is 11.5 Å². The molecule has 0 spiro atoms. The van der Waals surface area contributed by atoms with Crippen molar-refractivity contribution in [2.24, 2.45) is 5.16 Å². The molecule has 0 radical (unpaired) electrons. The van der Waals surface area contributed by atoms with Gasteiger partial charge in [-0.05, 0) is 43.1 Å². The van der Waals surface area contributed by atoms with Crippen LogP contribution in [0.25, 0.3) is 0 Å². The largest absolute Gasteiger partial charge is 0.493 e. The zero-order valence-electron chi connectivity index (χ0n) is 14.4. The van der Waals surface area contributed by atoms with E-state index in [0.717, 1.165) is 30.6 Å². The predicted octanol–water partition coefficient (Wildman–Crippen LogP) is 3.23. The molecule has 2 aromatic carbocycles. The minimum absolute atomic E-state index is 0.550. The fourth-order valence-corrected chi connectivity index (χ4v) is 2.57. The fraction of sp³-hybridized carbons (Fsp3) is 0.316. The third-order valence-electron chi connectivity index (χ3n) is 3.89. The Balaban J connectivity index is 2.09. The first-order valence-corrected chi connectivity index (χ1v) is 7.88. The number of ether oxygens (including phenoxy) is 2. The van der Waals surface area contributed by atoms with E-state index in [2.05, 4.69) is 22.6 Å². The van der Waals surface area contributed by atoms with E-state index >= 15 is 0 Å². The summed E-state index contributed by atoms with van der Waals surface area (Å²) in [7, 11) is 3.20. The first-order chi connectivity index (χ1) is 11.7. The smallest absolute Gasteiger partial charge is 0.161 e. The van der Waals surface area contributed by atoms with Gasteiger partial charge in [-0.3, -0.25) is 0 Å². The van der Waals surface area contributed by atoms with E-state index in [9.17, 15) is 0 Å². The second-order valence-electron chi connectivity index (χ2n) is 5.46. The Hall–Kier alpha value is -2.53. The van der Waals surface area contributed by atoms with E-state index in [4.69, 9.17) is 14.7 Å². The predicted molar refractivity (Wildman–Crippen MR) is 95.4 cm³/mol. The zero-order valence-corrected chi connectivity index (χ0v) is 14.4. The molecule has 2 aromatic rings. The van der Waals surface area contributed by atoms with Crippen molar-refractivity contribution in [1.29, 1.82) is 0 Å². The third-order valence-corrected chi connectivity index (χ3v) is 3.89. The number of methoxy groups -OCH3 is 2. The molecule has 5 nitrogen and oxygen atoms in total. The Morgan fingerprint density at radius 2 is 1.75 bits per heavy atom. The number of oxime groups is 1. The number of hydrogen-bond acceptors (Lipinski definition) is 5. The highest BCUT2D eigenvalue weighted by molar-refractivity contribution is 6.00. The van der Waals surface area contributed by atoms with Crippen LogP contribution in [0.3, 0.4) is 0 Å². The lowest BCUT2D eigenvalue weighted by Crippen LogP contribution is -2.18. The lowest BCUT2D eigenvalue weighted by Gasteiger charge is -2.15. The highest BCUT2D eigenvalue weighted by Gasteiger charge is 2.13. The van der Waals surface area contributed by atoms with Crippen molar-refractivity contribution in [3.63, 3.8) is 0 Å². The van der Waals surface area contributed by atoms with E-state index < -0.39 is 0 Å². The van der Waals surface area contributed by atoms with Crippen molar-refractivity contribution in [2.45, 2.75) is 19.9 Å². The van der Waals surface area contributed by atoms with Crippen LogP contribution in [0, 0.1) is 0 Å². The summed E-state index contributed by atoms with van der Waals surface area (Å²) in [5.41, 5.74) is 3.70. The van der Waals surface area contributed by atoms with Crippen molar-refractivity contribution >= 4 is 5.71 Å². The average molecular weight is 328 g/mol. The summed E-state index contributed by atoms with van der Waals surface area (Å²) in [5, 5.41) is 15.9. The molecule has 0 saturated carbocycles. The molecule has 0 aliphatic carbocycles. The lowest BCUT2D eigenvalue weighted by atomic mass is 10.00. The molecule has 24 heavy (non-hydrogen) atoms. The summed E-state index contributed by atoms with van der Waals surface area (Å²) >= 11 is 0. The van der Waals surface area contributed by atoms with Crippen molar-refractivity contribution in [3.8, 4) is 11.5 Å². The average Bonchev–Trinajstić information content (AvgIpc) is 2.64. The van der Waals surface area contributed by atoms with Crippen LogP contribution in [0.15, 0.2) is 47.6 Å². The molecule has 0 atom stereocenters. The first-order valence-electron chi connectivity index (χ1n) is 7.88. The molecular weight excluding hydrogens is 304 g/mol. The van der Waals surface area contributed by atoms with Gasteiger partial charge in [0.05, 0.1) is 19.9 Å². The van der Waals surface area contributed by atoms with Crippen LogP contribution in [0.4, 0.5) is 0 Å². The molecule has 0 aliphatic heterocycles. The van der Waals surface area contributed by atoms with Gasteiger partial charge < -0.3 is 20.0 Å². The Morgan fingerprint density at radius 1 is 1.08 bits per heavy atom. The summed E-state index contributed by atoms with van der Waals surface area (Å²) < 4.78 is 10.7. The summed E-state index contributed by atoms with van der Waals surface area (Å²) in [6, 6.07) is 14.0. The highest BCUT2D eigenvalue weighted by Crippen LogP contribution is 2.31. The number of hydrogen-bond donors (Lipinski definition) is 2. The molecule has 128 valence electrons. The lowest BCUT2D eigenvalue weighted by molar-refractivity contribution is 0.319. The maximum atomic E-state index is 9.12. The third kappa shape index (κ3) is 4.49. The second kappa shape index (κ2) is 8.93. The van der Waals surface area contributed by atoms with Crippen LogP contribution < -0.4 is 14.8 Å². The molecule has 0 saturated heterocycles. The van der Waals surface area contributed by atoms with Crippen LogP contribution in [-0.4, -0.2) is 31.7 Å². The molecule has 2 rings (SSSR count). The zero-order chi connectivity index (χ0) is 17.4. The van der Waals surface area contributed by atoms with Gasteiger partial charge in [0.2, 0.25) is 0 Å². The number of rotatable bonds is 8. The van der Waals surface area contributed by atoms with E-state index in [-0.39, 0.29) is 0 Å². The summed E-state index contributed by atoms with van der Waals surface area (Å²) in [4.78, 5) is 0. The van der Waals surface area contributed by atoms with Gasteiger partial charge in [0, 0.05) is 12.1 Å². The quantitative estimate of drug-likeness (QED) is 0.338. The van der Waals surface area contributed by atoms with Crippen molar-refractivity contribution in [1.82, 2.24) is 5.32 Å².